The number of aliphatic hydroxyl groups is 1. The SMILES string of the molecule is CC(CN(C)C1CCCC1)C(O)(c1ccccc1)c1ccccc1. The fourth-order valence-corrected chi connectivity index (χ4v) is 4.18. The second-order valence-corrected chi connectivity index (χ2v) is 7.28. The minimum atomic E-state index is -0.963. The smallest absolute Gasteiger partial charge is 0.118 e. The van der Waals surface area contributed by atoms with Gasteiger partial charge in [-0.05, 0) is 31.0 Å². The zero-order valence-electron chi connectivity index (χ0n) is 14.9. The summed E-state index contributed by atoms with van der Waals surface area (Å²) in [6, 6.07) is 20.9. The topological polar surface area (TPSA) is 23.5 Å². The maximum absolute atomic E-state index is 11.8. The van der Waals surface area contributed by atoms with Crippen molar-refractivity contribution in [2.24, 2.45) is 5.92 Å². The zero-order valence-corrected chi connectivity index (χ0v) is 14.9. The first-order chi connectivity index (χ1) is 11.6. The van der Waals surface area contributed by atoms with Gasteiger partial charge in [-0.15, -0.1) is 0 Å². The average Bonchev–Trinajstić information content (AvgIpc) is 3.17. The molecule has 1 saturated carbocycles. The van der Waals surface area contributed by atoms with Crippen LogP contribution < -0.4 is 0 Å². The van der Waals surface area contributed by atoms with Crippen LogP contribution >= 0.6 is 0 Å². The van der Waals surface area contributed by atoms with Gasteiger partial charge in [-0.25, -0.2) is 0 Å². The average molecular weight is 323 g/mol. The van der Waals surface area contributed by atoms with Gasteiger partial charge in [-0.3, -0.25) is 0 Å². The molecule has 0 radical (unpaired) electrons. The molecule has 0 aromatic heterocycles. The summed E-state index contributed by atoms with van der Waals surface area (Å²) in [5.41, 5.74) is 0.988. The molecule has 1 aliphatic rings. The van der Waals surface area contributed by atoms with Crippen molar-refractivity contribution in [3.8, 4) is 0 Å². The van der Waals surface area contributed by atoms with Crippen LogP contribution in [0.4, 0.5) is 0 Å². The number of hydrogen-bond donors (Lipinski definition) is 1. The monoisotopic (exact) mass is 323 g/mol. The molecule has 2 heteroatoms. The molecule has 2 nitrogen and oxygen atoms in total. The summed E-state index contributed by atoms with van der Waals surface area (Å²) >= 11 is 0. The van der Waals surface area contributed by atoms with Crippen LogP contribution in [-0.2, 0) is 5.60 Å². The maximum Gasteiger partial charge on any atom is 0.118 e. The Labute approximate surface area is 146 Å². The molecule has 24 heavy (non-hydrogen) atoms. The predicted octanol–water partition coefficient (Wildman–Crippen LogP) is 4.43. The van der Waals surface area contributed by atoms with Gasteiger partial charge >= 0.3 is 0 Å². The second-order valence-electron chi connectivity index (χ2n) is 7.28. The van der Waals surface area contributed by atoms with Gasteiger partial charge in [0, 0.05) is 18.5 Å². The first kappa shape index (κ1) is 17.2. The Balaban J connectivity index is 1.89. The van der Waals surface area contributed by atoms with Crippen LogP contribution in [0.2, 0.25) is 0 Å². The standard InChI is InChI=1S/C22H29NO/c1-18(17-23(2)21-15-9-10-16-21)22(24,19-11-5-3-6-12-19)20-13-7-4-8-14-20/h3-8,11-14,18,21,24H,9-10,15-17H2,1-2H3. The lowest BCUT2D eigenvalue weighted by molar-refractivity contribution is 0.00566. The van der Waals surface area contributed by atoms with Gasteiger partial charge in [0.1, 0.15) is 5.60 Å². The van der Waals surface area contributed by atoms with Crippen molar-refractivity contribution in [2.45, 2.75) is 44.2 Å². The molecule has 3 rings (SSSR count). The Bertz CT molecular complexity index is 579. The number of nitrogens with zero attached hydrogens (tertiary/aromatic N) is 1. The summed E-state index contributed by atoms with van der Waals surface area (Å²) in [7, 11) is 2.21. The largest absolute Gasteiger partial charge is 0.380 e. The van der Waals surface area contributed by atoms with Crippen LogP contribution in [0.25, 0.3) is 0 Å². The van der Waals surface area contributed by atoms with Crippen LogP contribution in [0.3, 0.4) is 0 Å². The molecule has 0 saturated heterocycles. The summed E-state index contributed by atoms with van der Waals surface area (Å²) < 4.78 is 0. The van der Waals surface area contributed by atoms with Crippen molar-refractivity contribution in [2.75, 3.05) is 13.6 Å². The third-order valence-corrected chi connectivity index (χ3v) is 5.65. The highest BCUT2D eigenvalue weighted by Gasteiger charge is 2.38. The van der Waals surface area contributed by atoms with Gasteiger partial charge in [0.05, 0.1) is 0 Å². The van der Waals surface area contributed by atoms with Crippen molar-refractivity contribution >= 4 is 0 Å². The van der Waals surface area contributed by atoms with E-state index in [0.717, 1.165) is 17.7 Å². The van der Waals surface area contributed by atoms with Crippen molar-refractivity contribution in [1.82, 2.24) is 4.90 Å². The minimum absolute atomic E-state index is 0.105. The third kappa shape index (κ3) is 3.40. The highest BCUT2D eigenvalue weighted by molar-refractivity contribution is 5.36. The molecular weight excluding hydrogens is 294 g/mol. The highest BCUT2D eigenvalue weighted by atomic mass is 16.3. The van der Waals surface area contributed by atoms with Gasteiger partial charge in [-0.2, -0.15) is 0 Å². The van der Waals surface area contributed by atoms with E-state index in [4.69, 9.17) is 0 Å². The van der Waals surface area contributed by atoms with E-state index in [1.165, 1.54) is 25.7 Å². The molecule has 0 aliphatic heterocycles. The maximum atomic E-state index is 11.8. The van der Waals surface area contributed by atoms with E-state index in [1.807, 2.05) is 60.7 Å². The molecule has 2 aromatic rings. The lowest BCUT2D eigenvalue weighted by Crippen LogP contribution is -2.43. The number of rotatable bonds is 6. The summed E-state index contributed by atoms with van der Waals surface area (Å²) in [5.74, 6) is 0.105. The summed E-state index contributed by atoms with van der Waals surface area (Å²) in [6.07, 6.45) is 5.26. The molecule has 0 bridgehead atoms. The van der Waals surface area contributed by atoms with E-state index in [2.05, 4.69) is 18.9 Å². The molecule has 1 fully saturated rings. The molecule has 2 aromatic carbocycles. The van der Waals surface area contributed by atoms with Crippen LogP contribution in [0.1, 0.15) is 43.7 Å². The highest BCUT2D eigenvalue weighted by Crippen LogP contribution is 2.37. The molecule has 0 heterocycles. The Morgan fingerprint density at radius 2 is 1.42 bits per heavy atom. The minimum Gasteiger partial charge on any atom is -0.380 e. The van der Waals surface area contributed by atoms with Crippen LogP contribution in [0.15, 0.2) is 60.7 Å². The third-order valence-electron chi connectivity index (χ3n) is 5.65. The Morgan fingerprint density at radius 1 is 0.958 bits per heavy atom. The van der Waals surface area contributed by atoms with Crippen molar-refractivity contribution in [1.29, 1.82) is 0 Å². The quantitative estimate of drug-likeness (QED) is 0.850. The van der Waals surface area contributed by atoms with Gasteiger partial charge in [0.2, 0.25) is 0 Å². The van der Waals surface area contributed by atoms with E-state index in [0.29, 0.717) is 6.04 Å². The number of hydrogen-bond acceptors (Lipinski definition) is 2. The fourth-order valence-electron chi connectivity index (χ4n) is 4.18. The fraction of sp³-hybridized carbons (Fsp3) is 0.455. The molecule has 1 atom stereocenters. The lowest BCUT2D eigenvalue weighted by Gasteiger charge is -2.38. The Morgan fingerprint density at radius 3 is 1.88 bits per heavy atom. The first-order valence-corrected chi connectivity index (χ1v) is 9.16. The van der Waals surface area contributed by atoms with E-state index in [9.17, 15) is 5.11 Å². The summed E-state index contributed by atoms with van der Waals surface area (Å²) in [6.45, 7) is 3.07. The van der Waals surface area contributed by atoms with Crippen LogP contribution in [0.5, 0.6) is 0 Å². The van der Waals surface area contributed by atoms with Crippen molar-refractivity contribution < 1.29 is 5.11 Å². The molecule has 1 N–H and O–H groups in total. The molecule has 1 unspecified atom stereocenters. The molecule has 0 amide bonds. The van der Waals surface area contributed by atoms with E-state index in [-0.39, 0.29) is 5.92 Å². The van der Waals surface area contributed by atoms with Gasteiger partial charge in [0.15, 0.2) is 0 Å². The number of benzene rings is 2. The Kier molecular flexibility index (Phi) is 5.37. The van der Waals surface area contributed by atoms with Gasteiger partial charge < -0.3 is 10.0 Å². The van der Waals surface area contributed by atoms with E-state index < -0.39 is 5.60 Å². The van der Waals surface area contributed by atoms with Gasteiger partial charge in [-0.1, -0.05) is 80.4 Å². The predicted molar refractivity (Wildman–Crippen MR) is 99.9 cm³/mol. The molecule has 0 spiro atoms. The van der Waals surface area contributed by atoms with E-state index >= 15 is 0 Å². The van der Waals surface area contributed by atoms with Crippen LogP contribution in [0, 0.1) is 5.92 Å². The first-order valence-electron chi connectivity index (χ1n) is 9.16. The zero-order chi connectivity index (χ0) is 17.0. The molecular formula is C22H29NO. The Hall–Kier alpha value is -1.64. The summed E-state index contributed by atoms with van der Waals surface area (Å²) in [5, 5.41) is 11.8. The van der Waals surface area contributed by atoms with Gasteiger partial charge in [0.25, 0.3) is 0 Å². The lowest BCUT2D eigenvalue weighted by atomic mass is 9.76. The van der Waals surface area contributed by atoms with Crippen molar-refractivity contribution in [3.05, 3.63) is 71.8 Å². The van der Waals surface area contributed by atoms with E-state index in [1.54, 1.807) is 0 Å². The van der Waals surface area contributed by atoms with Crippen LogP contribution in [-0.4, -0.2) is 29.6 Å². The summed E-state index contributed by atoms with van der Waals surface area (Å²) in [4.78, 5) is 2.45. The van der Waals surface area contributed by atoms with Crippen molar-refractivity contribution in [3.63, 3.8) is 0 Å². The molecule has 1 aliphatic carbocycles. The normalized spacial score (nSPS) is 17.3. The second kappa shape index (κ2) is 7.50. The molecule has 128 valence electrons.